The van der Waals surface area contributed by atoms with Crippen LogP contribution in [0.2, 0.25) is 5.15 Å². The van der Waals surface area contributed by atoms with Gasteiger partial charge in [0.2, 0.25) is 0 Å². The molecular formula is C16H9ClF2N2O. The van der Waals surface area contributed by atoms with E-state index in [4.69, 9.17) is 11.6 Å². The molecule has 3 aromatic rings. The molecule has 110 valence electrons. The molecule has 0 amide bonds. The van der Waals surface area contributed by atoms with Gasteiger partial charge >= 0.3 is 0 Å². The van der Waals surface area contributed by atoms with Crippen LogP contribution in [0.5, 0.6) is 0 Å². The second-order valence-electron chi connectivity index (χ2n) is 4.57. The molecule has 0 atom stereocenters. The van der Waals surface area contributed by atoms with E-state index >= 15 is 0 Å². The minimum atomic E-state index is -0.443. The smallest absolute Gasteiger partial charge is 0.155 e. The van der Waals surface area contributed by atoms with Crippen molar-refractivity contribution in [2.45, 2.75) is 0 Å². The zero-order valence-electron chi connectivity index (χ0n) is 11.1. The number of carbonyl (C=O) groups is 1. The number of nitrogens with zero attached hydrogens (tertiary/aromatic N) is 2. The Bertz CT molecular complexity index is 844. The van der Waals surface area contributed by atoms with E-state index in [9.17, 15) is 13.6 Å². The van der Waals surface area contributed by atoms with Crippen molar-refractivity contribution in [1.82, 2.24) is 9.78 Å². The van der Waals surface area contributed by atoms with Crippen LogP contribution in [-0.4, -0.2) is 16.1 Å². The summed E-state index contributed by atoms with van der Waals surface area (Å²) >= 11 is 6.18. The Balaban J connectivity index is 2.18. The highest BCUT2D eigenvalue weighted by molar-refractivity contribution is 6.32. The number of hydrogen-bond donors (Lipinski definition) is 0. The van der Waals surface area contributed by atoms with E-state index in [0.717, 1.165) is 0 Å². The molecule has 0 aliphatic rings. The van der Waals surface area contributed by atoms with E-state index < -0.39 is 11.6 Å². The molecule has 2 aromatic carbocycles. The molecule has 0 N–H and O–H groups in total. The van der Waals surface area contributed by atoms with Gasteiger partial charge in [0.1, 0.15) is 22.5 Å². The summed E-state index contributed by atoms with van der Waals surface area (Å²) in [7, 11) is 0. The van der Waals surface area contributed by atoms with Crippen molar-refractivity contribution in [3.8, 4) is 16.9 Å². The highest BCUT2D eigenvalue weighted by Crippen LogP contribution is 2.29. The zero-order chi connectivity index (χ0) is 15.7. The van der Waals surface area contributed by atoms with Crippen LogP contribution in [0.4, 0.5) is 8.78 Å². The van der Waals surface area contributed by atoms with Crippen molar-refractivity contribution in [2.75, 3.05) is 0 Å². The lowest BCUT2D eigenvalue weighted by Gasteiger charge is -2.02. The first-order valence-corrected chi connectivity index (χ1v) is 6.73. The fourth-order valence-electron chi connectivity index (χ4n) is 2.12. The van der Waals surface area contributed by atoms with E-state index in [2.05, 4.69) is 5.10 Å². The summed E-state index contributed by atoms with van der Waals surface area (Å²) in [6.07, 6.45) is 0.565. The lowest BCUT2D eigenvalue weighted by atomic mass is 10.1. The van der Waals surface area contributed by atoms with Crippen LogP contribution in [0.15, 0.2) is 48.5 Å². The molecule has 3 nitrogen and oxygen atoms in total. The summed E-state index contributed by atoms with van der Waals surface area (Å²) < 4.78 is 27.7. The minimum absolute atomic E-state index is 0.0841. The maximum absolute atomic E-state index is 13.4. The van der Waals surface area contributed by atoms with Gasteiger partial charge in [-0.1, -0.05) is 23.7 Å². The molecule has 1 aromatic heterocycles. The third-order valence-corrected chi connectivity index (χ3v) is 3.51. The molecule has 22 heavy (non-hydrogen) atoms. The Kier molecular flexibility index (Phi) is 3.73. The Morgan fingerprint density at radius 1 is 1.05 bits per heavy atom. The van der Waals surface area contributed by atoms with Crippen LogP contribution >= 0.6 is 11.6 Å². The van der Waals surface area contributed by atoms with Crippen molar-refractivity contribution < 1.29 is 13.6 Å². The van der Waals surface area contributed by atoms with Gasteiger partial charge < -0.3 is 0 Å². The van der Waals surface area contributed by atoms with E-state index in [1.165, 1.54) is 47.1 Å². The molecule has 1 heterocycles. The minimum Gasteiger partial charge on any atom is -0.298 e. The monoisotopic (exact) mass is 318 g/mol. The third-order valence-electron chi connectivity index (χ3n) is 3.15. The maximum atomic E-state index is 13.4. The molecule has 0 unspecified atom stereocenters. The summed E-state index contributed by atoms with van der Waals surface area (Å²) in [6.45, 7) is 0. The Morgan fingerprint density at radius 3 is 2.41 bits per heavy atom. The molecule has 3 rings (SSSR count). The van der Waals surface area contributed by atoms with Crippen LogP contribution in [0, 0.1) is 11.6 Å². The molecular weight excluding hydrogens is 310 g/mol. The maximum Gasteiger partial charge on any atom is 0.155 e. The van der Waals surface area contributed by atoms with Gasteiger partial charge in [0.25, 0.3) is 0 Å². The van der Waals surface area contributed by atoms with Crippen molar-refractivity contribution in [3.63, 3.8) is 0 Å². The standard InChI is InChI=1S/C16H9ClF2N2O/c17-16-14(9-22)15(10-2-1-3-12(19)8-10)20-21(16)13-6-4-11(18)5-7-13/h1-9H. The number of carbonyl (C=O) groups excluding carboxylic acids is 1. The van der Waals surface area contributed by atoms with Gasteiger partial charge in [-0.15, -0.1) is 0 Å². The summed E-state index contributed by atoms with van der Waals surface area (Å²) in [5.41, 5.74) is 1.35. The molecule has 0 aliphatic heterocycles. The molecule has 0 spiro atoms. The predicted octanol–water partition coefficient (Wildman–Crippen LogP) is 4.28. The van der Waals surface area contributed by atoms with E-state index in [0.29, 0.717) is 17.5 Å². The normalized spacial score (nSPS) is 10.7. The second kappa shape index (κ2) is 5.69. The van der Waals surface area contributed by atoms with E-state index in [1.807, 2.05) is 0 Å². The number of hydrogen-bond acceptors (Lipinski definition) is 2. The van der Waals surface area contributed by atoms with Crippen molar-refractivity contribution >= 4 is 17.9 Å². The first kappa shape index (κ1) is 14.4. The average Bonchev–Trinajstić information content (AvgIpc) is 2.85. The van der Waals surface area contributed by atoms with Crippen LogP contribution in [0.1, 0.15) is 10.4 Å². The van der Waals surface area contributed by atoms with Gasteiger partial charge in [-0.3, -0.25) is 4.79 Å². The zero-order valence-corrected chi connectivity index (χ0v) is 11.9. The highest BCUT2D eigenvalue weighted by atomic mass is 35.5. The largest absolute Gasteiger partial charge is 0.298 e. The molecule has 0 fully saturated rings. The number of halogens is 3. The summed E-state index contributed by atoms with van der Waals surface area (Å²) in [5.74, 6) is -0.838. The average molecular weight is 319 g/mol. The van der Waals surface area contributed by atoms with E-state index in [-0.39, 0.29) is 16.4 Å². The van der Waals surface area contributed by atoms with Crippen LogP contribution in [0.25, 0.3) is 16.9 Å². The Hall–Kier alpha value is -2.53. The quantitative estimate of drug-likeness (QED) is 0.675. The summed E-state index contributed by atoms with van der Waals surface area (Å²) in [5, 5.41) is 4.34. The van der Waals surface area contributed by atoms with Gasteiger partial charge in [0, 0.05) is 5.56 Å². The van der Waals surface area contributed by atoms with Gasteiger partial charge in [-0.2, -0.15) is 5.10 Å². The molecule has 0 radical (unpaired) electrons. The molecule has 0 aliphatic carbocycles. The number of aldehydes is 1. The topological polar surface area (TPSA) is 34.9 Å². The summed E-state index contributed by atoms with van der Waals surface area (Å²) in [4.78, 5) is 11.3. The van der Waals surface area contributed by atoms with Crippen molar-refractivity contribution in [3.05, 3.63) is 70.9 Å². The fraction of sp³-hybridized carbons (Fsp3) is 0. The molecule has 0 saturated carbocycles. The lowest BCUT2D eigenvalue weighted by molar-refractivity contribution is 0.112. The number of benzene rings is 2. The highest BCUT2D eigenvalue weighted by Gasteiger charge is 2.18. The predicted molar refractivity (Wildman–Crippen MR) is 79.3 cm³/mol. The number of rotatable bonds is 3. The SMILES string of the molecule is O=Cc1c(-c2cccc(F)c2)nn(-c2ccc(F)cc2)c1Cl. The van der Waals surface area contributed by atoms with Crippen LogP contribution in [0.3, 0.4) is 0 Å². The number of aromatic nitrogens is 2. The van der Waals surface area contributed by atoms with Crippen LogP contribution < -0.4 is 0 Å². The van der Waals surface area contributed by atoms with Crippen molar-refractivity contribution in [2.24, 2.45) is 0 Å². The molecule has 0 bridgehead atoms. The molecule has 6 heteroatoms. The molecule has 0 saturated heterocycles. The Labute approximate surface area is 129 Å². The second-order valence-corrected chi connectivity index (χ2v) is 4.93. The fourth-order valence-corrected chi connectivity index (χ4v) is 2.39. The Morgan fingerprint density at radius 2 is 1.77 bits per heavy atom. The first-order valence-electron chi connectivity index (χ1n) is 6.35. The van der Waals surface area contributed by atoms with Crippen LogP contribution in [-0.2, 0) is 0 Å². The first-order chi connectivity index (χ1) is 10.6. The van der Waals surface area contributed by atoms with Gasteiger partial charge in [0.15, 0.2) is 6.29 Å². The van der Waals surface area contributed by atoms with Crippen molar-refractivity contribution in [1.29, 1.82) is 0 Å². The van der Waals surface area contributed by atoms with Gasteiger partial charge in [-0.25, -0.2) is 13.5 Å². The summed E-state index contributed by atoms with van der Waals surface area (Å²) in [6, 6.07) is 11.2. The third kappa shape index (κ3) is 2.51. The van der Waals surface area contributed by atoms with E-state index in [1.54, 1.807) is 6.07 Å². The lowest BCUT2D eigenvalue weighted by Crippen LogP contribution is -1.96. The van der Waals surface area contributed by atoms with Gasteiger partial charge in [0.05, 0.1) is 11.3 Å². The van der Waals surface area contributed by atoms with Gasteiger partial charge in [-0.05, 0) is 36.4 Å².